The average molecular weight is 577 g/mol. The van der Waals surface area contributed by atoms with Gasteiger partial charge in [-0.05, 0) is 66.6 Å². The Morgan fingerprint density at radius 1 is 0.378 bits per heavy atom. The first-order valence-electron chi connectivity index (χ1n) is 17.1. The highest BCUT2D eigenvalue weighted by Gasteiger charge is 2.22. The first-order valence-corrected chi connectivity index (χ1v) is 15.1. The zero-order chi connectivity index (χ0) is 33.2. The Kier molecular flexibility index (Phi) is 5.00. The fourth-order valence-electron chi connectivity index (χ4n) is 6.91. The Morgan fingerprint density at radius 3 is 1.47 bits per heavy atom. The molecule has 0 saturated heterocycles. The van der Waals surface area contributed by atoms with E-state index >= 15 is 0 Å². The van der Waals surface area contributed by atoms with Gasteiger partial charge in [-0.3, -0.25) is 0 Å². The zero-order valence-corrected chi connectivity index (χ0v) is 24.3. The van der Waals surface area contributed by atoms with Gasteiger partial charge in [0.2, 0.25) is 0 Å². The maximum atomic E-state index is 9.29. The highest BCUT2D eigenvalue weighted by Crippen LogP contribution is 2.48. The van der Waals surface area contributed by atoms with Gasteiger partial charge in [0.05, 0.1) is 5.48 Å². The molecule has 0 fully saturated rings. The van der Waals surface area contributed by atoms with Gasteiger partial charge in [0.25, 0.3) is 0 Å². The molecule has 0 aliphatic rings. The second kappa shape index (κ2) is 10.4. The van der Waals surface area contributed by atoms with E-state index in [1.807, 2.05) is 84.9 Å². The lowest BCUT2D eigenvalue weighted by atomic mass is 9.83. The van der Waals surface area contributed by atoms with Crippen molar-refractivity contribution in [3.8, 4) is 44.5 Å². The predicted octanol–water partition coefficient (Wildman–Crippen LogP) is 12.6. The molecular weight excluding hydrogens is 544 g/mol. The number of benzene rings is 8. The highest BCUT2D eigenvalue weighted by molar-refractivity contribution is 6.26. The predicted molar refractivity (Wildman–Crippen MR) is 190 cm³/mol. The van der Waals surface area contributed by atoms with Crippen molar-refractivity contribution in [1.29, 1.82) is 0 Å². The van der Waals surface area contributed by atoms with Crippen LogP contribution >= 0.6 is 0 Å². The summed E-state index contributed by atoms with van der Waals surface area (Å²) in [5.41, 5.74) is 8.39. The topological polar surface area (TPSA) is 13.1 Å². The van der Waals surface area contributed by atoms with Crippen molar-refractivity contribution in [2.24, 2.45) is 0 Å². The first kappa shape index (κ1) is 21.7. The summed E-state index contributed by atoms with van der Waals surface area (Å²) in [4.78, 5) is 0. The molecule has 0 N–H and O–H groups in total. The Hall–Kier alpha value is -5.92. The molecule has 45 heavy (non-hydrogen) atoms. The first-order chi connectivity index (χ1) is 24.0. The van der Waals surface area contributed by atoms with Gasteiger partial charge in [-0.15, -0.1) is 0 Å². The van der Waals surface area contributed by atoms with Gasteiger partial charge in [0.15, 0.2) is 0 Å². The number of hydrogen-bond donors (Lipinski definition) is 0. The molecule has 210 valence electrons. The summed E-state index contributed by atoms with van der Waals surface area (Å²) in [6, 6.07) is 48.2. The van der Waals surface area contributed by atoms with Crippen LogP contribution in [-0.4, -0.2) is 0 Å². The van der Waals surface area contributed by atoms with E-state index in [9.17, 15) is 1.37 Å². The van der Waals surface area contributed by atoms with Gasteiger partial charge in [0.1, 0.15) is 11.2 Å². The van der Waals surface area contributed by atoms with Crippen LogP contribution in [0.2, 0.25) is 0 Å². The summed E-state index contributed by atoms with van der Waals surface area (Å²) >= 11 is 0. The van der Waals surface area contributed by atoms with Crippen LogP contribution in [0.1, 0.15) is 5.48 Å². The van der Waals surface area contributed by atoms with Crippen LogP contribution in [0.3, 0.4) is 0 Å². The van der Waals surface area contributed by atoms with E-state index in [-0.39, 0.29) is 24.2 Å². The summed E-state index contributed by atoms with van der Waals surface area (Å²) in [6.45, 7) is 0. The van der Waals surface area contributed by atoms with E-state index in [1.54, 1.807) is 0 Å². The SMILES string of the molecule is [2H]c1c([2H])c([2H])c(-c2c3ccccc3c(-c3cccc4oc5c(-c6ccccc6)cccc5c34)c3ccccc23)c(-c2ccccc2)c1[2H]. The van der Waals surface area contributed by atoms with Gasteiger partial charge in [0, 0.05) is 16.3 Å². The highest BCUT2D eigenvalue weighted by atomic mass is 16.3. The second-order valence-electron chi connectivity index (χ2n) is 11.3. The minimum Gasteiger partial charge on any atom is -0.455 e. The Bertz CT molecular complexity index is 2690. The Labute approximate surface area is 267 Å². The molecule has 0 amide bonds. The van der Waals surface area contributed by atoms with Gasteiger partial charge in [-0.1, -0.05) is 164 Å². The molecule has 1 nitrogen and oxygen atoms in total. The van der Waals surface area contributed by atoms with Crippen LogP contribution in [0.25, 0.3) is 88.0 Å². The zero-order valence-electron chi connectivity index (χ0n) is 28.3. The van der Waals surface area contributed by atoms with Crippen molar-refractivity contribution in [3.63, 3.8) is 0 Å². The van der Waals surface area contributed by atoms with Crippen molar-refractivity contribution in [3.05, 3.63) is 170 Å². The standard InChI is InChI=1S/C44H28O/c1-3-15-29(16-4-1)31-19-7-8-20-33(31)41-34-21-9-11-23-36(34)42(37-24-12-10-22-35(37)41)38-26-14-28-40-43(38)39-27-13-25-32(44(39)45-40)30-17-5-2-6-18-30/h1-28H/i7D,8D,19D,20D. The maximum Gasteiger partial charge on any atom is 0.143 e. The third kappa shape index (κ3) is 4.02. The summed E-state index contributed by atoms with van der Waals surface area (Å²) in [7, 11) is 0. The number of hydrogen-bond acceptors (Lipinski definition) is 1. The van der Waals surface area contributed by atoms with Gasteiger partial charge in [-0.2, -0.15) is 0 Å². The van der Waals surface area contributed by atoms with Crippen molar-refractivity contribution >= 4 is 43.5 Å². The summed E-state index contributed by atoms with van der Waals surface area (Å²) in [5, 5.41) is 5.87. The molecule has 8 aromatic carbocycles. The molecule has 1 heteroatoms. The van der Waals surface area contributed by atoms with Crippen molar-refractivity contribution in [1.82, 2.24) is 0 Å². The lowest BCUT2D eigenvalue weighted by Gasteiger charge is -2.20. The number of rotatable bonds is 4. The molecule has 9 aromatic rings. The smallest absolute Gasteiger partial charge is 0.143 e. The normalized spacial score (nSPS) is 12.8. The van der Waals surface area contributed by atoms with E-state index in [4.69, 9.17) is 8.53 Å². The largest absolute Gasteiger partial charge is 0.455 e. The quantitative estimate of drug-likeness (QED) is 0.190. The molecule has 0 aliphatic carbocycles. The molecule has 9 rings (SSSR count). The van der Waals surface area contributed by atoms with Crippen molar-refractivity contribution in [2.45, 2.75) is 0 Å². The molecule has 0 saturated carbocycles. The fraction of sp³-hybridized carbons (Fsp3) is 0. The maximum absolute atomic E-state index is 9.29. The second-order valence-corrected chi connectivity index (χ2v) is 11.3. The number of fused-ring (bicyclic) bond motifs is 5. The molecule has 1 aromatic heterocycles. The Balaban J connectivity index is 1.43. The molecule has 0 bridgehead atoms. The van der Waals surface area contributed by atoms with Gasteiger partial charge >= 0.3 is 0 Å². The van der Waals surface area contributed by atoms with E-state index < -0.39 is 0 Å². The average Bonchev–Trinajstić information content (AvgIpc) is 3.55. The van der Waals surface area contributed by atoms with Crippen LogP contribution in [0.4, 0.5) is 0 Å². The van der Waals surface area contributed by atoms with Crippen LogP contribution in [0.15, 0.2) is 174 Å². The number of furan rings is 1. The summed E-state index contributed by atoms with van der Waals surface area (Å²) in [6.07, 6.45) is 0. The third-order valence-corrected chi connectivity index (χ3v) is 8.81. The van der Waals surface area contributed by atoms with Crippen LogP contribution in [-0.2, 0) is 0 Å². The van der Waals surface area contributed by atoms with E-state index in [1.165, 1.54) is 0 Å². The van der Waals surface area contributed by atoms with E-state index in [2.05, 4.69) is 60.7 Å². The fourth-order valence-corrected chi connectivity index (χ4v) is 6.91. The molecule has 0 aliphatic heterocycles. The monoisotopic (exact) mass is 576 g/mol. The van der Waals surface area contributed by atoms with Crippen molar-refractivity contribution < 1.29 is 9.90 Å². The van der Waals surface area contributed by atoms with Gasteiger partial charge in [-0.25, -0.2) is 0 Å². The van der Waals surface area contributed by atoms with Crippen LogP contribution in [0, 0.1) is 0 Å². The molecular formula is C44H28O. The minimum absolute atomic E-state index is 0.0525. The van der Waals surface area contributed by atoms with E-state index in [0.29, 0.717) is 11.1 Å². The summed E-state index contributed by atoms with van der Waals surface area (Å²) in [5.74, 6) is 0. The molecule has 1 heterocycles. The Morgan fingerprint density at radius 2 is 0.844 bits per heavy atom. The molecule has 0 atom stereocenters. The van der Waals surface area contributed by atoms with Crippen LogP contribution in [0.5, 0.6) is 0 Å². The number of para-hydroxylation sites is 1. The molecule has 0 spiro atoms. The third-order valence-electron chi connectivity index (χ3n) is 8.81. The van der Waals surface area contributed by atoms with Gasteiger partial charge < -0.3 is 4.42 Å². The molecule has 0 unspecified atom stereocenters. The molecule has 0 radical (unpaired) electrons. The van der Waals surface area contributed by atoms with E-state index in [0.717, 1.165) is 76.9 Å². The minimum atomic E-state index is -0.249. The summed E-state index contributed by atoms with van der Waals surface area (Å²) < 4.78 is 42.4. The van der Waals surface area contributed by atoms with Crippen LogP contribution < -0.4 is 0 Å². The van der Waals surface area contributed by atoms with Crippen molar-refractivity contribution in [2.75, 3.05) is 0 Å². The lowest BCUT2D eigenvalue weighted by Crippen LogP contribution is -1.93. The lowest BCUT2D eigenvalue weighted by molar-refractivity contribution is 0.670.